The number of carbonyl (C=O) groups excluding carboxylic acids is 1. The van der Waals surface area contributed by atoms with E-state index in [1.54, 1.807) is 35.2 Å². The molecule has 1 heterocycles. The highest BCUT2D eigenvalue weighted by Gasteiger charge is 2.08. The molecule has 5 nitrogen and oxygen atoms in total. The van der Waals surface area contributed by atoms with E-state index in [2.05, 4.69) is 4.98 Å². The van der Waals surface area contributed by atoms with E-state index in [0.717, 1.165) is 11.0 Å². The summed E-state index contributed by atoms with van der Waals surface area (Å²) in [5.74, 6) is -0.386. The molecule has 0 atom stereocenters. The van der Waals surface area contributed by atoms with Gasteiger partial charge in [0.05, 0.1) is 22.9 Å². The molecule has 0 saturated carbocycles. The van der Waals surface area contributed by atoms with Crippen LogP contribution in [0.25, 0.3) is 11.0 Å². The number of ether oxygens (including phenoxy) is 1. The monoisotopic (exact) mass is 267 g/mol. The number of imidazole rings is 1. The Kier molecular flexibility index (Phi) is 3.09. The van der Waals surface area contributed by atoms with Crippen molar-refractivity contribution in [2.45, 2.75) is 6.73 Å². The van der Waals surface area contributed by atoms with Gasteiger partial charge in [0.1, 0.15) is 0 Å². The summed E-state index contributed by atoms with van der Waals surface area (Å²) in [4.78, 5) is 16.1. The van der Waals surface area contributed by atoms with E-state index >= 15 is 0 Å². The first-order valence-corrected chi connectivity index (χ1v) is 6.16. The molecule has 3 aromatic rings. The molecule has 0 bridgehead atoms. The minimum Gasteiger partial charge on any atom is -0.440 e. The van der Waals surface area contributed by atoms with Crippen LogP contribution in [-0.2, 0) is 11.5 Å². The Morgan fingerprint density at radius 1 is 1.15 bits per heavy atom. The van der Waals surface area contributed by atoms with Crippen LogP contribution < -0.4 is 5.73 Å². The van der Waals surface area contributed by atoms with Crippen molar-refractivity contribution in [1.29, 1.82) is 0 Å². The minimum atomic E-state index is -0.386. The van der Waals surface area contributed by atoms with Crippen LogP contribution in [-0.4, -0.2) is 15.5 Å². The van der Waals surface area contributed by atoms with Crippen LogP contribution in [0.3, 0.4) is 0 Å². The molecule has 2 aromatic carbocycles. The predicted octanol–water partition coefficient (Wildman–Crippen LogP) is 2.43. The molecule has 2 N–H and O–H groups in total. The van der Waals surface area contributed by atoms with Crippen LogP contribution in [0, 0.1) is 0 Å². The minimum absolute atomic E-state index is 0.129. The summed E-state index contributed by atoms with van der Waals surface area (Å²) in [6.45, 7) is 0.129. The zero-order valence-corrected chi connectivity index (χ0v) is 10.7. The van der Waals surface area contributed by atoms with Gasteiger partial charge in [0.15, 0.2) is 6.73 Å². The highest BCUT2D eigenvalue weighted by molar-refractivity contribution is 5.89. The van der Waals surface area contributed by atoms with Crippen molar-refractivity contribution in [1.82, 2.24) is 9.55 Å². The van der Waals surface area contributed by atoms with Crippen LogP contribution in [0.2, 0.25) is 0 Å². The number of hydrogen-bond donors (Lipinski definition) is 1. The number of anilines is 1. The molecule has 0 fully saturated rings. The number of esters is 1. The van der Waals surface area contributed by atoms with Gasteiger partial charge in [0, 0.05) is 5.69 Å². The number of fused-ring (bicyclic) bond motifs is 1. The molecular formula is C15H13N3O2. The lowest BCUT2D eigenvalue weighted by Crippen LogP contribution is -2.09. The van der Waals surface area contributed by atoms with E-state index < -0.39 is 0 Å². The number of benzene rings is 2. The van der Waals surface area contributed by atoms with Gasteiger partial charge in [0.25, 0.3) is 0 Å². The van der Waals surface area contributed by atoms with Gasteiger partial charge in [-0.05, 0) is 36.4 Å². The summed E-state index contributed by atoms with van der Waals surface area (Å²) in [6, 6.07) is 14.3. The van der Waals surface area contributed by atoms with Crippen molar-refractivity contribution in [3.8, 4) is 0 Å². The maximum absolute atomic E-state index is 11.9. The first-order valence-electron chi connectivity index (χ1n) is 6.16. The van der Waals surface area contributed by atoms with E-state index in [-0.39, 0.29) is 12.7 Å². The van der Waals surface area contributed by atoms with Crippen LogP contribution in [0.5, 0.6) is 0 Å². The summed E-state index contributed by atoms with van der Waals surface area (Å²) in [7, 11) is 0. The number of nitrogen functional groups attached to an aromatic ring is 1. The maximum atomic E-state index is 11.9. The fraction of sp³-hybridized carbons (Fsp3) is 0.0667. The second-order valence-corrected chi connectivity index (χ2v) is 4.39. The second-order valence-electron chi connectivity index (χ2n) is 4.39. The van der Waals surface area contributed by atoms with Gasteiger partial charge in [0.2, 0.25) is 0 Å². The van der Waals surface area contributed by atoms with E-state index in [0.29, 0.717) is 11.3 Å². The summed E-state index contributed by atoms with van der Waals surface area (Å²) < 4.78 is 7.05. The average molecular weight is 267 g/mol. The molecule has 100 valence electrons. The Hall–Kier alpha value is -2.82. The molecule has 0 aliphatic rings. The van der Waals surface area contributed by atoms with E-state index in [1.807, 2.05) is 24.3 Å². The summed E-state index contributed by atoms with van der Waals surface area (Å²) >= 11 is 0. The van der Waals surface area contributed by atoms with E-state index in [1.165, 1.54) is 0 Å². The summed E-state index contributed by atoms with van der Waals surface area (Å²) in [6.07, 6.45) is 1.65. The quantitative estimate of drug-likeness (QED) is 0.584. The predicted molar refractivity (Wildman–Crippen MR) is 76.0 cm³/mol. The first-order chi connectivity index (χ1) is 9.74. The normalized spacial score (nSPS) is 10.6. The molecule has 20 heavy (non-hydrogen) atoms. The molecule has 5 heteroatoms. The van der Waals surface area contributed by atoms with Crippen molar-refractivity contribution in [2.75, 3.05) is 5.73 Å². The van der Waals surface area contributed by atoms with Gasteiger partial charge in [-0.15, -0.1) is 0 Å². The van der Waals surface area contributed by atoms with E-state index in [9.17, 15) is 4.79 Å². The first kappa shape index (κ1) is 12.2. The number of nitrogens with zero attached hydrogens (tertiary/aromatic N) is 2. The molecule has 0 aliphatic carbocycles. The maximum Gasteiger partial charge on any atom is 0.339 e. The Morgan fingerprint density at radius 3 is 2.70 bits per heavy atom. The van der Waals surface area contributed by atoms with Crippen molar-refractivity contribution < 1.29 is 9.53 Å². The number of nitrogens with two attached hydrogens (primary N) is 1. The SMILES string of the molecule is Nc1ccc(C(=O)OCn2cnc3ccccc32)cc1. The van der Waals surface area contributed by atoms with Gasteiger partial charge < -0.3 is 10.5 Å². The molecule has 0 unspecified atom stereocenters. The number of aromatic nitrogens is 2. The summed E-state index contributed by atoms with van der Waals surface area (Å²) in [5.41, 5.74) is 8.46. The molecular weight excluding hydrogens is 254 g/mol. The van der Waals surface area contributed by atoms with E-state index in [4.69, 9.17) is 10.5 Å². The molecule has 0 saturated heterocycles. The highest BCUT2D eigenvalue weighted by Crippen LogP contribution is 2.12. The Morgan fingerprint density at radius 2 is 1.90 bits per heavy atom. The van der Waals surface area contributed by atoms with Crippen molar-refractivity contribution in [2.24, 2.45) is 0 Å². The Bertz CT molecular complexity index is 747. The Balaban J connectivity index is 1.73. The number of carbonyl (C=O) groups is 1. The fourth-order valence-corrected chi connectivity index (χ4v) is 1.94. The molecule has 0 aliphatic heterocycles. The largest absolute Gasteiger partial charge is 0.440 e. The number of para-hydroxylation sites is 2. The topological polar surface area (TPSA) is 70.1 Å². The fourth-order valence-electron chi connectivity index (χ4n) is 1.94. The smallest absolute Gasteiger partial charge is 0.339 e. The Labute approximate surface area is 115 Å². The van der Waals surface area contributed by atoms with Crippen LogP contribution in [0.4, 0.5) is 5.69 Å². The van der Waals surface area contributed by atoms with Gasteiger partial charge >= 0.3 is 5.97 Å². The van der Waals surface area contributed by atoms with Gasteiger partial charge in [-0.3, -0.25) is 4.57 Å². The van der Waals surface area contributed by atoms with Crippen LogP contribution in [0.1, 0.15) is 10.4 Å². The van der Waals surface area contributed by atoms with Crippen molar-refractivity contribution in [3.05, 3.63) is 60.4 Å². The zero-order valence-electron chi connectivity index (χ0n) is 10.7. The lowest BCUT2D eigenvalue weighted by molar-refractivity contribution is 0.0379. The standard InChI is InChI=1S/C15H13N3O2/c16-12-7-5-11(6-8-12)15(19)20-10-18-9-17-13-3-1-2-4-14(13)18/h1-9H,10,16H2. The molecule has 0 spiro atoms. The third kappa shape index (κ3) is 2.33. The van der Waals surface area contributed by atoms with Gasteiger partial charge in [-0.2, -0.15) is 0 Å². The molecule has 0 radical (unpaired) electrons. The second kappa shape index (κ2) is 5.05. The third-order valence-corrected chi connectivity index (χ3v) is 3.01. The zero-order chi connectivity index (χ0) is 13.9. The molecule has 0 amide bonds. The lowest BCUT2D eigenvalue weighted by atomic mass is 10.2. The summed E-state index contributed by atoms with van der Waals surface area (Å²) in [5, 5.41) is 0. The van der Waals surface area contributed by atoms with Crippen LogP contribution in [0.15, 0.2) is 54.9 Å². The van der Waals surface area contributed by atoms with Crippen molar-refractivity contribution in [3.63, 3.8) is 0 Å². The van der Waals surface area contributed by atoms with Gasteiger partial charge in [-0.25, -0.2) is 9.78 Å². The molecule has 3 rings (SSSR count). The highest BCUT2D eigenvalue weighted by atomic mass is 16.5. The lowest BCUT2D eigenvalue weighted by Gasteiger charge is -2.06. The number of hydrogen-bond acceptors (Lipinski definition) is 4. The molecule has 1 aromatic heterocycles. The third-order valence-electron chi connectivity index (χ3n) is 3.01. The van der Waals surface area contributed by atoms with Crippen molar-refractivity contribution >= 4 is 22.7 Å². The number of rotatable bonds is 3. The van der Waals surface area contributed by atoms with Crippen LogP contribution >= 0.6 is 0 Å². The van der Waals surface area contributed by atoms with Gasteiger partial charge in [-0.1, -0.05) is 12.1 Å². The average Bonchev–Trinajstić information content (AvgIpc) is 2.89.